The standard InChI is InChI=1S/C11H18N4S/c1-8-4-3-5-15(7-8)10-6-9(12)13-11(14-10)16-2/h6,8H,3-5,7H2,1-2H3,(H2,12,13,14). The summed E-state index contributed by atoms with van der Waals surface area (Å²) in [6, 6.07) is 1.87. The van der Waals surface area contributed by atoms with Crippen molar-refractivity contribution in [2.45, 2.75) is 24.9 Å². The number of nitrogens with two attached hydrogens (primary N) is 1. The smallest absolute Gasteiger partial charge is 0.191 e. The summed E-state index contributed by atoms with van der Waals surface area (Å²) in [5, 5.41) is 0.758. The molecule has 1 fully saturated rings. The second-order valence-electron chi connectivity index (χ2n) is 4.33. The Balaban J connectivity index is 2.21. The monoisotopic (exact) mass is 238 g/mol. The second kappa shape index (κ2) is 4.91. The Morgan fingerprint density at radius 1 is 1.50 bits per heavy atom. The number of rotatable bonds is 2. The highest BCUT2D eigenvalue weighted by atomic mass is 32.2. The second-order valence-corrected chi connectivity index (χ2v) is 5.10. The fourth-order valence-electron chi connectivity index (χ4n) is 2.08. The first-order chi connectivity index (χ1) is 7.69. The van der Waals surface area contributed by atoms with Gasteiger partial charge in [-0.2, -0.15) is 0 Å². The molecular weight excluding hydrogens is 220 g/mol. The highest BCUT2D eigenvalue weighted by Gasteiger charge is 2.18. The van der Waals surface area contributed by atoms with Crippen molar-refractivity contribution in [3.63, 3.8) is 0 Å². The molecular formula is C11H18N4S. The van der Waals surface area contributed by atoms with Gasteiger partial charge in [0.25, 0.3) is 0 Å². The van der Waals surface area contributed by atoms with Crippen LogP contribution in [0.3, 0.4) is 0 Å². The van der Waals surface area contributed by atoms with E-state index in [-0.39, 0.29) is 0 Å². The predicted octanol–water partition coefficient (Wildman–Crippen LogP) is 2.02. The topological polar surface area (TPSA) is 55.0 Å². The molecule has 4 nitrogen and oxygen atoms in total. The minimum atomic E-state index is 0.563. The Kier molecular flexibility index (Phi) is 3.53. The van der Waals surface area contributed by atoms with Crippen LogP contribution in [-0.2, 0) is 0 Å². The van der Waals surface area contributed by atoms with Gasteiger partial charge in [-0.3, -0.25) is 0 Å². The molecule has 1 atom stereocenters. The quantitative estimate of drug-likeness (QED) is 0.631. The highest BCUT2D eigenvalue weighted by molar-refractivity contribution is 7.98. The summed E-state index contributed by atoms with van der Waals surface area (Å²) >= 11 is 1.53. The van der Waals surface area contributed by atoms with E-state index in [1.54, 1.807) is 0 Å². The summed E-state index contributed by atoms with van der Waals surface area (Å²) in [5.74, 6) is 2.28. The van der Waals surface area contributed by atoms with E-state index in [2.05, 4.69) is 21.8 Å². The van der Waals surface area contributed by atoms with Gasteiger partial charge in [0.1, 0.15) is 11.6 Å². The molecule has 0 radical (unpaired) electrons. The summed E-state index contributed by atoms with van der Waals surface area (Å²) in [5.41, 5.74) is 5.79. The fourth-order valence-corrected chi connectivity index (χ4v) is 2.46. The van der Waals surface area contributed by atoms with E-state index >= 15 is 0 Å². The van der Waals surface area contributed by atoms with E-state index in [1.165, 1.54) is 24.6 Å². The number of anilines is 2. The fraction of sp³-hybridized carbons (Fsp3) is 0.636. The molecule has 1 aliphatic rings. The molecule has 0 spiro atoms. The van der Waals surface area contributed by atoms with Crippen LogP contribution in [0.2, 0.25) is 0 Å². The van der Waals surface area contributed by atoms with Gasteiger partial charge in [-0.05, 0) is 25.0 Å². The molecule has 2 heterocycles. The van der Waals surface area contributed by atoms with Gasteiger partial charge in [0.15, 0.2) is 5.16 Å². The first-order valence-corrected chi connectivity index (χ1v) is 6.85. The molecule has 0 amide bonds. The summed E-state index contributed by atoms with van der Waals surface area (Å²) in [7, 11) is 0. The number of piperidine rings is 1. The predicted molar refractivity (Wildman–Crippen MR) is 68.8 cm³/mol. The summed E-state index contributed by atoms with van der Waals surface area (Å²) in [6.45, 7) is 4.44. The first-order valence-electron chi connectivity index (χ1n) is 5.62. The highest BCUT2D eigenvalue weighted by Crippen LogP contribution is 2.24. The molecule has 0 aliphatic carbocycles. The number of hydrogen-bond acceptors (Lipinski definition) is 5. The SMILES string of the molecule is CSc1nc(N)cc(N2CCCC(C)C2)n1. The lowest BCUT2D eigenvalue weighted by atomic mass is 10.0. The minimum absolute atomic E-state index is 0.563. The molecule has 1 aliphatic heterocycles. The Bertz CT molecular complexity index is 369. The average Bonchev–Trinajstić information content (AvgIpc) is 2.28. The third kappa shape index (κ3) is 2.58. The van der Waals surface area contributed by atoms with Crippen LogP contribution in [0.1, 0.15) is 19.8 Å². The maximum Gasteiger partial charge on any atom is 0.191 e. The molecule has 0 saturated carbocycles. The van der Waals surface area contributed by atoms with Crippen LogP contribution in [0.15, 0.2) is 11.2 Å². The van der Waals surface area contributed by atoms with Crippen molar-refractivity contribution < 1.29 is 0 Å². The molecule has 1 aromatic rings. The molecule has 2 rings (SSSR count). The van der Waals surface area contributed by atoms with Crippen LogP contribution < -0.4 is 10.6 Å². The van der Waals surface area contributed by atoms with Gasteiger partial charge in [0.05, 0.1) is 0 Å². The maximum atomic E-state index is 5.79. The number of thioether (sulfide) groups is 1. The minimum Gasteiger partial charge on any atom is -0.383 e. The van der Waals surface area contributed by atoms with Crippen molar-refractivity contribution in [1.82, 2.24) is 9.97 Å². The van der Waals surface area contributed by atoms with Gasteiger partial charge in [0.2, 0.25) is 0 Å². The Hall–Kier alpha value is -0.970. The molecule has 1 aromatic heterocycles. The lowest BCUT2D eigenvalue weighted by molar-refractivity contribution is 0.444. The van der Waals surface area contributed by atoms with E-state index < -0.39 is 0 Å². The number of aromatic nitrogens is 2. The zero-order chi connectivity index (χ0) is 11.5. The summed E-state index contributed by atoms with van der Waals surface area (Å²) in [4.78, 5) is 11.0. The lowest BCUT2D eigenvalue weighted by Gasteiger charge is -2.31. The number of nitrogens with zero attached hydrogens (tertiary/aromatic N) is 3. The molecule has 5 heteroatoms. The van der Waals surface area contributed by atoms with Crippen molar-refractivity contribution in [2.24, 2.45) is 5.92 Å². The third-order valence-corrected chi connectivity index (χ3v) is 3.42. The van der Waals surface area contributed by atoms with Crippen molar-refractivity contribution in [1.29, 1.82) is 0 Å². The third-order valence-electron chi connectivity index (χ3n) is 2.88. The average molecular weight is 238 g/mol. The molecule has 0 bridgehead atoms. The van der Waals surface area contributed by atoms with Crippen molar-refractivity contribution >= 4 is 23.4 Å². The van der Waals surface area contributed by atoms with Crippen LogP contribution in [0.5, 0.6) is 0 Å². The van der Waals surface area contributed by atoms with Gasteiger partial charge in [0, 0.05) is 19.2 Å². The van der Waals surface area contributed by atoms with Gasteiger partial charge in [-0.1, -0.05) is 18.7 Å². The molecule has 1 unspecified atom stereocenters. The van der Waals surface area contributed by atoms with Crippen molar-refractivity contribution in [3.8, 4) is 0 Å². The van der Waals surface area contributed by atoms with E-state index in [4.69, 9.17) is 5.73 Å². The van der Waals surface area contributed by atoms with Gasteiger partial charge < -0.3 is 10.6 Å². The summed E-state index contributed by atoms with van der Waals surface area (Å²) in [6.07, 6.45) is 4.52. The van der Waals surface area contributed by atoms with E-state index in [0.717, 1.165) is 30.0 Å². The first kappa shape index (κ1) is 11.5. The van der Waals surface area contributed by atoms with Crippen LogP contribution in [0.25, 0.3) is 0 Å². The van der Waals surface area contributed by atoms with Crippen LogP contribution in [0.4, 0.5) is 11.6 Å². The molecule has 0 aromatic carbocycles. The van der Waals surface area contributed by atoms with Crippen molar-refractivity contribution in [2.75, 3.05) is 30.0 Å². The molecule has 2 N–H and O–H groups in total. The molecule has 16 heavy (non-hydrogen) atoms. The zero-order valence-electron chi connectivity index (χ0n) is 9.81. The van der Waals surface area contributed by atoms with E-state index in [9.17, 15) is 0 Å². The number of nitrogen functional groups attached to an aromatic ring is 1. The van der Waals surface area contributed by atoms with Crippen molar-refractivity contribution in [3.05, 3.63) is 6.07 Å². The lowest BCUT2D eigenvalue weighted by Crippen LogP contribution is -2.35. The number of hydrogen-bond donors (Lipinski definition) is 1. The van der Waals surface area contributed by atoms with Crippen LogP contribution >= 0.6 is 11.8 Å². The largest absolute Gasteiger partial charge is 0.383 e. The Labute approximate surface area is 101 Å². The normalized spacial score (nSPS) is 21.1. The Morgan fingerprint density at radius 2 is 2.31 bits per heavy atom. The van der Waals surface area contributed by atoms with E-state index in [0.29, 0.717) is 5.82 Å². The van der Waals surface area contributed by atoms with Crippen LogP contribution in [0, 0.1) is 5.92 Å². The van der Waals surface area contributed by atoms with Crippen LogP contribution in [-0.4, -0.2) is 29.3 Å². The molecule has 88 valence electrons. The summed E-state index contributed by atoms with van der Waals surface area (Å²) < 4.78 is 0. The van der Waals surface area contributed by atoms with Gasteiger partial charge >= 0.3 is 0 Å². The zero-order valence-corrected chi connectivity index (χ0v) is 10.6. The molecule has 1 saturated heterocycles. The van der Waals surface area contributed by atoms with Gasteiger partial charge in [-0.25, -0.2) is 9.97 Å². The van der Waals surface area contributed by atoms with E-state index in [1.807, 2.05) is 12.3 Å². The maximum absolute atomic E-state index is 5.79. The van der Waals surface area contributed by atoms with Gasteiger partial charge in [-0.15, -0.1) is 0 Å². The Morgan fingerprint density at radius 3 is 3.00 bits per heavy atom.